The number of nitriles is 2. The van der Waals surface area contributed by atoms with Gasteiger partial charge in [-0.3, -0.25) is 0 Å². The number of nitrogens with zero attached hydrogens (tertiary/aromatic N) is 4. The number of hydrogen-bond donors (Lipinski definition) is 2. The van der Waals surface area contributed by atoms with Crippen LogP contribution in [0.15, 0.2) is 116 Å². The van der Waals surface area contributed by atoms with Gasteiger partial charge in [-0.05, 0) is 108 Å². The zero-order chi connectivity index (χ0) is 45.2. The number of anilines is 4. The molecule has 2 aliphatic rings. The van der Waals surface area contributed by atoms with E-state index < -0.39 is 11.9 Å². The Balaban J connectivity index is 1.02. The summed E-state index contributed by atoms with van der Waals surface area (Å²) in [5.74, 6) is -2.46. The number of aliphatic carboxylic acids is 2. The number of benzene rings is 4. The van der Waals surface area contributed by atoms with Crippen LogP contribution in [0.1, 0.15) is 76.3 Å². The normalized spacial score (nSPS) is 13.3. The number of carboxylic acid groups (broad SMARTS) is 2. The van der Waals surface area contributed by atoms with Crippen molar-refractivity contribution in [3.05, 3.63) is 107 Å². The zero-order valence-corrected chi connectivity index (χ0v) is 39.9. The van der Waals surface area contributed by atoms with Crippen LogP contribution in [0.4, 0.5) is 22.7 Å². The van der Waals surface area contributed by atoms with Crippen LogP contribution in [0.5, 0.6) is 0 Å². The third-order valence-electron chi connectivity index (χ3n) is 11.7. The van der Waals surface area contributed by atoms with E-state index in [2.05, 4.69) is 72.2 Å². The second-order valence-electron chi connectivity index (χ2n) is 16.1. The molecule has 0 fully saturated rings. The van der Waals surface area contributed by atoms with E-state index in [4.69, 9.17) is 0 Å². The van der Waals surface area contributed by atoms with Crippen molar-refractivity contribution in [1.82, 2.24) is 0 Å². The van der Waals surface area contributed by atoms with Crippen LogP contribution in [0.3, 0.4) is 0 Å². The lowest BCUT2D eigenvalue weighted by atomic mass is 10.1. The van der Waals surface area contributed by atoms with Crippen LogP contribution in [0.2, 0.25) is 0 Å². The van der Waals surface area contributed by atoms with Crippen LogP contribution in [-0.4, -0.2) is 35.2 Å². The summed E-state index contributed by atoms with van der Waals surface area (Å²) in [5, 5.41) is 37.8. The van der Waals surface area contributed by atoms with Crippen LogP contribution >= 0.6 is 57.5 Å². The summed E-state index contributed by atoms with van der Waals surface area (Å²) in [5.41, 5.74) is 7.67. The number of rotatable bonds is 16. The molecule has 5 heterocycles. The van der Waals surface area contributed by atoms with Crippen molar-refractivity contribution in [3.63, 3.8) is 0 Å². The zero-order valence-electron chi connectivity index (χ0n) is 35.8. The topological polar surface area (TPSA) is 129 Å². The summed E-state index contributed by atoms with van der Waals surface area (Å²) in [6.07, 6.45) is 12.0. The van der Waals surface area contributed by atoms with Gasteiger partial charge in [0.2, 0.25) is 0 Å². The SMILES string of the molecule is CCCCCCN1c2ccc(/C=C(/C#N)C(=O)O)cc2Sc2cc(-c3cc4sc5cc(-c6ccc7c(c6)Sc6cc(/C=C(/C#N)C(=O)O)ccc6N7CCCCCC)sc5c4s3)ccc21. The summed E-state index contributed by atoms with van der Waals surface area (Å²) < 4.78 is 5.15. The molecule has 2 aliphatic heterocycles. The van der Waals surface area contributed by atoms with Gasteiger partial charge in [-0.2, -0.15) is 10.5 Å². The molecule has 0 spiro atoms. The molecular weight excluding hydrogens is 905 g/mol. The van der Waals surface area contributed by atoms with Crippen LogP contribution in [-0.2, 0) is 9.59 Å². The molecule has 0 saturated carbocycles. The molecule has 0 saturated heterocycles. The van der Waals surface area contributed by atoms with E-state index in [9.17, 15) is 30.3 Å². The highest BCUT2D eigenvalue weighted by molar-refractivity contribution is 8.00. The van der Waals surface area contributed by atoms with Crippen molar-refractivity contribution < 1.29 is 19.8 Å². The number of hydrogen-bond acceptors (Lipinski definition) is 11. The quantitative estimate of drug-likeness (QED) is 0.0549. The number of carbonyl (C=O) groups is 2. The van der Waals surface area contributed by atoms with Crippen LogP contribution < -0.4 is 9.80 Å². The molecule has 4 aromatic carbocycles. The van der Waals surface area contributed by atoms with Gasteiger partial charge in [-0.15, -0.1) is 34.0 Å². The fraction of sp³-hybridized carbons (Fsp3) is 0.231. The first-order valence-electron chi connectivity index (χ1n) is 21.8. The van der Waals surface area contributed by atoms with Gasteiger partial charge in [0.05, 0.1) is 32.1 Å². The molecule has 326 valence electrons. The standard InChI is InChI=1S/C52H44N4O4S5/c1-3-5-7-9-19-55-37-15-11-31(21-35(29-53)51(57)58)23-43(37)61-45-25-33(13-17-39(45)55)41-27-47-49(64-41)50-48(63-47)28-42(65-50)34-14-18-40-46(26-34)62-44-24-32(22-36(30-54)52(59)60)12-16-38(44)56(40)20-10-8-6-4-2/h11-18,21-28H,3-10,19-20H2,1-2H3,(H,57,58)(H,59,60)/b35-21-,36-22-. The highest BCUT2D eigenvalue weighted by Gasteiger charge is 2.27. The van der Waals surface area contributed by atoms with Crippen molar-refractivity contribution in [2.24, 2.45) is 0 Å². The lowest BCUT2D eigenvalue weighted by Gasteiger charge is -2.33. The van der Waals surface area contributed by atoms with Crippen LogP contribution in [0, 0.1) is 22.7 Å². The van der Waals surface area contributed by atoms with Gasteiger partial charge < -0.3 is 20.0 Å². The highest BCUT2D eigenvalue weighted by Crippen LogP contribution is 2.54. The smallest absolute Gasteiger partial charge is 0.346 e. The van der Waals surface area contributed by atoms with Crippen molar-refractivity contribution >= 4 is 123 Å². The molecule has 65 heavy (non-hydrogen) atoms. The van der Waals surface area contributed by atoms with E-state index in [1.165, 1.54) is 64.9 Å². The summed E-state index contributed by atoms with van der Waals surface area (Å²) >= 11 is 8.88. The van der Waals surface area contributed by atoms with E-state index in [1.54, 1.807) is 35.7 Å². The van der Waals surface area contributed by atoms with Gasteiger partial charge in [0.15, 0.2) is 0 Å². The molecule has 3 aromatic heterocycles. The molecule has 9 rings (SSSR count). The predicted octanol–water partition coefficient (Wildman–Crippen LogP) is 15.9. The molecule has 2 N–H and O–H groups in total. The first-order valence-corrected chi connectivity index (χ1v) is 25.9. The lowest BCUT2D eigenvalue weighted by Crippen LogP contribution is -2.22. The number of carboxylic acids is 2. The largest absolute Gasteiger partial charge is 0.477 e. The maximum atomic E-state index is 11.6. The predicted molar refractivity (Wildman–Crippen MR) is 272 cm³/mol. The van der Waals surface area contributed by atoms with E-state index in [1.807, 2.05) is 70.4 Å². The van der Waals surface area contributed by atoms with Gasteiger partial charge >= 0.3 is 11.9 Å². The Morgan fingerprint density at radius 2 is 0.938 bits per heavy atom. The van der Waals surface area contributed by atoms with Crippen molar-refractivity contribution in [2.75, 3.05) is 22.9 Å². The molecule has 8 nitrogen and oxygen atoms in total. The minimum absolute atomic E-state index is 0.288. The van der Waals surface area contributed by atoms with Gasteiger partial charge in [-0.25, -0.2) is 9.59 Å². The average molecular weight is 949 g/mol. The van der Waals surface area contributed by atoms with Crippen LogP contribution in [0.25, 0.3) is 51.8 Å². The second-order valence-corrected chi connectivity index (χ2v) is 21.5. The second kappa shape index (κ2) is 19.4. The Morgan fingerprint density at radius 3 is 1.32 bits per heavy atom. The highest BCUT2D eigenvalue weighted by atomic mass is 32.2. The number of thiophene rings is 3. The number of fused-ring (bicyclic) bond motifs is 7. The van der Waals surface area contributed by atoms with Gasteiger partial charge in [0.25, 0.3) is 0 Å². The molecule has 7 aromatic rings. The third-order valence-corrected chi connectivity index (χ3v) is 17.7. The van der Waals surface area contributed by atoms with E-state index in [0.29, 0.717) is 11.1 Å². The van der Waals surface area contributed by atoms with Gasteiger partial charge in [0.1, 0.15) is 23.3 Å². The minimum atomic E-state index is -1.23. The minimum Gasteiger partial charge on any atom is -0.477 e. The summed E-state index contributed by atoms with van der Waals surface area (Å²) in [6, 6.07) is 33.7. The Hall–Kier alpha value is -5.80. The molecule has 13 heteroatoms. The summed E-state index contributed by atoms with van der Waals surface area (Å²) in [4.78, 5) is 34.9. The maximum absolute atomic E-state index is 11.6. The Kier molecular flexibility index (Phi) is 13.2. The van der Waals surface area contributed by atoms with Gasteiger partial charge in [-0.1, -0.05) is 100 Å². The van der Waals surface area contributed by atoms with Gasteiger partial charge in [0, 0.05) is 51.8 Å². The van der Waals surface area contributed by atoms with Crippen molar-refractivity contribution in [2.45, 2.75) is 84.8 Å². The fourth-order valence-electron chi connectivity index (χ4n) is 8.40. The fourth-order valence-corrected chi connectivity index (χ4v) is 14.8. The number of unbranched alkanes of at least 4 members (excludes halogenated alkanes) is 6. The van der Waals surface area contributed by atoms with E-state index in [-0.39, 0.29) is 11.1 Å². The van der Waals surface area contributed by atoms with Crippen molar-refractivity contribution in [3.8, 4) is 33.0 Å². The molecular formula is C52H44N4O4S5. The van der Waals surface area contributed by atoms with E-state index >= 15 is 0 Å². The molecule has 0 amide bonds. The monoisotopic (exact) mass is 948 g/mol. The molecule has 0 aliphatic carbocycles. The first-order chi connectivity index (χ1) is 31.7. The molecule has 0 atom stereocenters. The molecule has 0 bridgehead atoms. The Labute approximate surface area is 398 Å². The Bertz CT molecular complexity index is 2950. The first kappa shape index (κ1) is 44.4. The Morgan fingerprint density at radius 1 is 0.538 bits per heavy atom. The maximum Gasteiger partial charge on any atom is 0.346 e. The molecule has 0 radical (unpaired) electrons. The summed E-state index contributed by atoms with van der Waals surface area (Å²) in [6.45, 7) is 6.20. The average Bonchev–Trinajstić information content (AvgIpc) is 4.00. The molecule has 0 unspecified atom stereocenters. The summed E-state index contributed by atoms with van der Waals surface area (Å²) in [7, 11) is 0. The third kappa shape index (κ3) is 9.09. The lowest BCUT2D eigenvalue weighted by molar-refractivity contribution is -0.133. The van der Waals surface area contributed by atoms with E-state index in [0.717, 1.165) is 93.7 Å². The van der Waals surface area contributed by atoms with Crippen molar-refractivity contribution in [1.29, 1.82) is 10.5 Å².